The quantitative estimate of drug-likeness (QED) is 0.511. The molecule has 2 amide bonds. The van der Waals surface area contributed by atoms with E-state index in [4.69, 9.17) is 4.74 Å². The fourth-order valence-corrected chi connectivity index (χ4v) is 6.33. The topological polar surface area (TPSA) is 61.5 Å². The van der Waals surface area contributed by atoms with Gasteiger partial charge in [0.2, 0.25) is 0 Å². The Bertz CT molecular complexity index is 1230. The van der Waals surface area contributed by atoms with Gasteiger partial charge in [-0.3, -0.25) is 0 Å². The molecule has 6 nitrogen and oxygen atoms in total. The summed E-state index contributed by atoms with van der Waals surface area (Å²) in [6.07, 6.45) is 6.48. The lowest BCUT2D eigenvalue weighted by atomic mass is 9.75. The molecule has 1 aliphatic carbocycles. The second-order valence-corrected chi connectivity index (χ2v) is 10.4. The lowest BCUT2D eigenvalue weighted by Crippen LogP contribution is -2.50. The highest BCUT2D eigenvalue weighted by atomic mass is 16.5. The van der Waals surface area contributed by atoms with E-state index in [9.17, 15) is 4.79 Å². The van der Waals surface area contributed by atoms with Crippen LogP contribution in [-0.2, 0) is 6.54 Å². The van der Waals surface area contributed by atoms with Gasteiger partial charge < -0.3 is 19.5 Å². The van der Waals surface area contributed by atoms with Crippen LogP contribution >= 0.6 is 0 Å². The third kappa shape index (κ3) is 3.93. The molecule has 3 heterocycles. The summed E-state index contributed by atoms with van der Waals surface area (Å²) < 4.78 is 6.17. The van der Waals surface area contributed by atoms with Gasteiger partial charge in [0.25, 0.3) is 0 Å². The summed E-state index contributed by atoms with van der Waals surface area (Å²) >= 11 is 0. The molecule has 1 N–H and O–H groups in total. The highest BCUT2D eigenvalue weighted by Gasteiger charge is 2.35. The number of nitrogens with zero attached hydrogens (tertiary/aromatic N) is 3. The predicted molar refractivity (Wildman–Crippen MR) is 134 cm³/mol. The van der Waals surface area contributed by atoms with Crippen molar-refractivity contribution in [2.45, 2.75) is 52.5 Å². The van der Waals surface area contributed by atoms with Crippen LogP contribution in [0.5, 0.6) is 5.75 Å². The van der Waals surface area contributed by atoms with E-state index in [1.54, 1.807) is 0 Å². The van der Waals surface area contributed by atoms with Crippen molar-refractivity contribution in [2.24, 2.45) is 11.8 Å². The van der Waals surface area contributed by atoms with Crippen LogP contribution in [0.25, 0.3) is 22.2 Å². The molecule has 2 fully saturated rings. The number of urea groups is 1. The average molecular weight is 459 g/mol. The van der Waals surface area contributed by atoms with E-state index in [1.165, 1.54) is 25.7 Å². The second kappa shape index (κ2) is 8.64. The van der Waals surface area contributed by atoms with Gasteiger partial charge in [-0.25, -0.2) is 9.78 Å². The summed E-state index contributed by atoms with van der Waals surface area (Å²) in [6, 6.07) is 10.9. The molecular weight excluding hydrogens is 424 g/mol. The van der Waals surface area contributed by atoms with Gasteiger partial charge >= 0.3 is 6.03 Å². The SMILES string of the molecule is Cc1nc2ccc(-c3cc(C)c4c(c3)CN(C(=O)N3CC[C@@H]5CCCC[C@H]5C3)CCO4)cc2[nH]1. The van der Waals surface area contributed by atoms with E-state index in [2.05, 4.69) is 52.1 Å². The number of piperidine rings is 1. The minimum absolute atomic E-state index is 0.179. The standard InChI is InChI=1S/C28H34N4O2/c1-18-13-23(21-7-8-25-26(15-21)30-19(2)29-25)14-24-17-32(11-12-34-27(18)24)28(33)31-10-9-20-5-3-4-6-22(20)16-31/h7-8,13-15,20,22H,3-6,9-12,16-17H2,1-2H3,(H,29,30)/t20-,22-/m0/s1. The monoisotopic (exact) mass is 458 g/mol. The number of aromatic nitrogens is 2. The van der Waals surface area contributed by atoms with Crippen LogP contribution in [0.4, 0.5) is 4.79 Å². The number of hydrogen-bond acceptors (Lipinski definition) is 3. The molecule has 3 aromatic rings. The van der Waals surface area contributed by atoms with Gasteiger partial charge in [0.1, 0.15) is 18.2 Å². The van der Waals surface area contributed by atoms with Crippen LogP contribution < -0.4 is 4.74 Å². The van der Waals surface area contributed by atoms with Crippen molar-refractivity contribution in [3.8, 4) is 16.9 Å². The summed E-state index contributed by atoms with van der Waals surface area (Å²) in [7, 11) is 0. The number of amides is 2. The van der Waals surface area contributed by atoms with E-state index in [-0.39, 0.29) is 6.03 Å². The first-order chi connectivity index (χ1) is 16.5. The molecule has 3 aliphatic rings. The summed E-state index contributed by atoms with van der Waals surface area (Å²) in [6.45, 7) is 7.67. The molecular formula is C28H34N4O2. The van der Waals surface area contributed by atoms with Gasteiger partial charge in [-0.1, -0.05) is 25.3 Å². The van der Waals surface area contributed by atoms with E-state index in [0.29, 0.717) is 25.6 Å². The molecule has 1 aromatic heterocycles. The number of carbonyl (C=O) groups excluding carboxylic acids is 1. The number of benzene rings is 2. The highest BCUT2D eigenvalue weighted by molar-refractivity contribution is 5.82. The fourth-order valence-electron chi connectivity index (χ4n) is 6.33. The molecule has 1 saturated heterocycles. The Labute approximate surface area is 201 Å². The summed E-state index contributed by atoms with van der Waals surface area (Å²) in [5.41, 5.74) is 6.52. The Kier molecular flexibility index (Phi) is 5.47. The van der Waals surface area contributed by atoms with Crippen molar-refractivity contribution in [1.29, 1.82) is 0 Å². The predicted octanol–water partition coefficient (Wildman–Crippen LogP) is 5.67. The Morgan fingerprint density at radius 2 is 1.85 bits per heavy atom. The van der Waals surface area contributed by atoms with Crippen LogP contribution in [0.3, 0.4) is 0 Å². The zero-order valence-electron chi connectivity index (χ0n) is 20.3. The average Bonchev–Trinajstić information content (AvgIpc) is 3.08. The van der Waals surface area contributed by atoms with E-state index in [0.717, 1.165) is 70.3 Å². The maximum absolute atomic E-state index is 13.6. The number of carbonyl (C=O) groups is 1. The zero-order chi connectivity index (χ0) is 23.2. The first kappa shape index (κ1) is 21.5. The molecule has 6 heteroatoms. The second-order valence-electron chi connectivity index (χ2n) is 10.4. The van der Waals surface area contributed by atoms with Gasteiger partial charge in [0.05, 0.1) is 24.1 Å². The van der Waals surface area contributed by atoms with Crippen LogP contribution in [0.15, 0.2) is 30.3 Å². The number of fused-ring (bicyclic) bond motifs is 3. The summed E-state index contributed by atoms with van der Waals surface area (Å²) in [5, 5.41) is 0. The number of H-pyrrole nitrogens is 1. The number of likely N-dealkylation sites (tertiary alicyclic amines) is 1. The minimum atomic E-state index is 0.179. The van der Waals surface area contributed by atoms with E-state index < -0.39 is 0 Å². The third-order valence-corrected chi connectivity index (χ3v) is 8.09. The smallest absolute Gasteiger partial charge is 0.320 e. The van der Waals surface area contributed by atoms with E-state index >= 15 is 0 Å². The van der Waals surface area contributed by atoms with Crippen molar-refractivity contribution >= 4 is 17.1 Å². The van der Waals surface area contributed by atoms with Crippen molar-refractivity contribution in [3.63, 3.8) is 0 Å². The Balaban J connectivity index is 1.26. The molecule has 6 rings (SSSR count). The summed E-state index contributed by atoms with van der Waals surface area (Å²) in [4.78, 5) is 25.5. The van der Waals surface area contributed by atoms with Gasteiger partial charge in [-0.15, -0.1) is 0 Å². The van der Waals surface area contributed by atoms with Crippen molar-refractivity contribution in [1.82, 2.24) is 19.8 Å². The Hall–Kier alpha value is -3.02. The largest absolute Gasteiger partial charge is 0.491 e. The molecule has 178 valence electrons. The molecule has 34 heavy (non-hydrogen) atoms. The molecule has 0 radical (unpaired) electrons. The van der Waals surface area contributed by atoms with Crippen LogP contribution in [0.1, 0.15) is 49.1 Å². The lowest BCUT2D eigenvalue weighted by Gasteiger charge is -2.42. The lowest BCUT2D eigenvalue weighted by molar-refractivity contribution is 0.0811. The number of rotatable bonds is 1. The maximum Gasteiger partial charge on any atom is 0.320 e. The van der Waals surface area contributed by atoms with Crippen LogP contribution in [0.2, 0.25) is 0 Å². The molecule has 0 unspecified atom stereocenters. The Morgan fingerprint density at radius 1 is 1.00 bits per heavy atom. The molecule has 0 spiro atoms. The number of imidazole rings is 1. The number of aryl methyl sites for hydroxylation is 2. The Morgan fingerprint density at radius 3 is 2.74 bits per heavy atom. The maximum atomic E-state index is 13.6. The number of nitrogens with one attached hydrogen (secondary N) is 1. The van der Waals surface area contributed by atoms with Crippen molar-refractivity contribution in [3.05, 3.63) is 47.3 Å². The van der Waals surface area contributed by atoms with Gasteiger partial charge in [-0.2, -0.15) is 0 Å². The molecule has 1 saturated carbocycles. The van der Waals surface area contributed by atoms with Crippen LogP contribution in [-0.4, -0.2) is 52.0 Å². The zero-order valence-corrected chi connectivity index (χ0v) is 20.3. The highest BCUT2D eigenvalue weighted by Crippen LogP contribution is 2.37. The molecule has 2 aliphatic heterocycles. The van der Waals surface area contributed by atoms with Gasteiger partial charge in [0, 0.05) is 18.7 Å². The van der Waals surface area contributed by atoms with Crippen LogP contribution in [0, 0.1) is 25.7 Å². The van der Waals surface area contributed by atoms with Gasteiger partial charge in [-0.05, 0) is 79.5 Å². The van der Waals surface area contributed by atoms with Crippen molar-refractivity contribution < 1.29 is 9.53 Å². The number of aromatic amines is 1. The first-order valence-electron chi connectivity index (χ1n) is 12.8. The number of ether oxygens (including phenoxy) is 1. The number of hydrogen-bond donors (Lipinski definition) is 1. The summed E-state index contributed by atoms with van der Waals surface area (Å²) in [5.74, 6) is 3.37. The molecule has 2 aromatic carbocycles. The fraction of sp³-hybridized carbons (Fsp3) is 0.500. The third-order valence-electron chi connectivity index (χ3n) is 8.09. The minimum Gasteiger partial charge on any atom is -0.491 e. The normalized spacial score (nSPS) is 22.6. The molecule has 0 bridgehead atoms. The first-order valence-corrected chi connectivity index (χ1v) is 12.8. The van der Waals surface area contributed by atoms with E-state index in [1.807, 2.05) is 11.8 Å². The molecule has 2 atom stereocenters. The van der Waals surface area contributed by atoms with Crippen molar-refractivity contribution in [2.75, 3.05) is 26.2 Å². The van der Waals surface area contributed by atoms with Gasteiger partial charge in [0.15, 0.2) is 0 Å².